The van der Waals surface area contributed by atoms with Crippen LogP contribution in [-0.2, 0) is 17.8 Å². The van der Waals surface area contributed by atoms with Crippen molar-refractivity contribution in [3.05, 3.63) is 47.8 Å². The predicted molar refractivity (Wildman–Crippen MR) is 74.5 cm³/mol. The first-order valence-corrected chi connectivity index (χ1v) is 6.23. The van der Waals surface area contributed by atoms with Gasteiger partial charge in [-0.05, 0) is 18.9 Å². The molecule has 1 amide bonds. The first-order valence-electron chi connectivity index (χ1n) is 6.23. The van der Waals surface area contributed by atoms with Gasteiger partial charge in [0.25, 0.3) is 0 Å². The summed E-state index contributed by atoms with van der Waals surface area (Å²) in [5, 5.41) is 6.83. The Labute approximate surface area is 112 Å². The molecule has 0 atom stereocenters. The number of nitrogens with two attached hydrogens (primary N) is 1. The van der Waals surface area contributed by atoms with Crippen molar-refractivity contribution in [1.29, 1.82) is 0 Å². The summed E-state index contributed by atoms with van der Waals surface area (Å²) in [7, 11) is 0. The fraction of sp³-hybridized carbons (Fsp3) is 0.286. The molecule has 3 N–H and O–H groups in total. The zero-order chi connectivity index (χ0) is 13.7. The lowest BCUT2D eigenvalue weighted by Gasteiger charge is -2.06. The third-order valence-corrected chi connectivity index (χ3v) is 2.78. The van der Waals surface area contributed by atoms with Crippen molar-refractivity contribution in [2.75, 3.05) is 12.3 Å². The summed E-state index contributed by atoms with van der Waals surface area (Å²) in [5.41, 5.74) is 8.55. The molecule has 0 aliphatic rings. The van der Waals surface area contributed by atoms with Crippen LogP contribution < -0.4 is 11.1 Å². The van der Waals surface area contributed by atoms with Crippen LogP contribution in [0.5, 0.6) is 0 Å². The number of carbonyl (C=O) groups excluding carboxylic acids is 1. The minimum absolute atomic E-state index is 0.0595. The molecule has 100 valence electrons. The number of aryl methyl sites for hydroxylation is 1. The highest BCUT2D eigenvalue weighted by Crippen LogP contribution is 2.04. The third-order valence-electron chi connectivity index (χ3n) is 2.78. The second-order valence-electron chi connectivity index (χ2n) is 4.56. The average Bonchev–Trinajstić information content (AvgIpc) is 2.75. The Bertz CT molecular complexity index is 562. The molecule has 1 aromatic heterocycles. The number of aromatic nitrogens is 2. The van der Waals surface area contributed by atoms with Crippen molar-refractivity contribution < 1.29 is 4.79 Å². The Hall–Kier alpha value is -2.30. The number of carbonyl (C=O) groups is 1. The molecule has 0 saturated heterocycles. The average molecular weight is 258 g/mol. The maximum absolute atomic E-state index is 11.7. The molecule has 0 bridgehead atoms. The number of hydrogen-bond acceptors (Lipinski definition) is 3. The largest absolute Gasteiger partial charge is 0.396 e. The highest BCUT2D eigenvalue weighted by Gasteiger charge is 2.03. The van der Waals surface area contributed by atoms with E-state index in [1.54, 1.807) is 6.20 Å². The van der Waals surface area contributed by atoms with Gasteiger partial charge >= 0.3 is 0 Å². The lowest BCUT2D eigenvalue weighted by molar-refractivity contribution is -0.121. The van der Waals surface area contributed by atoms with Gasteiger partial charge in [-0.1, -0.05) is 29.8 Å². The number of nitrogens with one attached hydrogen (secondary N) is 1. The molecule has 5 nitrogen and oxygen atoms in total. The third kappa shape index (κ3) is 4.13. The highest BCUT2D eigenvalue weighted by atomic mass is 16.2. The van der Waals surface area contributed by atoms with E-state index >= 15 is 0 Å². The number of anilines is 1. The van der Waals surface area contributed by atoms with Crippen LogP contribution >= 0.6 is 0 Å². The quantitative estimate of drug-likeness (QED) is 0.844. The van der Waals surface area contributed by atoms with Crippen molar-refractivity contribution in [1.82, 2.24) is 15.1 Å². The molecule has 0 aliphatic heterocycles. The maximum Gasteiger partial charge on any atom is 0.241 e. The molecule has 0 spiro atoms. The van der Waals surface area contributed by atoms with Crippen molar-refractivity contribution in [2.45, 2.75) is 19.9 Å². The van der Waals surface area contributed by atoms with Gasteiger partial charge in [0.2, 0.25) is 5.91 Å². The number of amides is 1. The zero-order valence-electron chi connectivity index (χ0n) is 11.0. The van der Waals surface area contributed by atoms with Crippen LogP contribution in [0, 0.1) is 6.92 Å². The summed E-state index contributed by atoms with van der Waals surface area (Å²) >= 11 is 0. The van der Waals surface area contributed by atoms with E-state index in [0.29, 0.717) is 12.2 Å². The van der Waals surface area contributed by atoms with Crippen LogP contribution in [0.1, 0.15) is 11.1 Å². The van der Waals surface area contributed by atoms with Gasteiger partial charge in [0.05, 0.1) is 11.9 Å². The second-order valence-corrected chi connectivity index (χ2v) is 4.56. The van der Waals surface area contributed by atoms with Crippen LogP contribution in [0.4, 0.5) is 5.69 Å². The van der Waals surface area contributed by atoms with E-state index in [0.717, 1.165) is 6.42 Å². The maximum atomic E-state index is 11.7. The number of hydrogen-bond donors (Lipinski definition) is 2. The summed E-state index contributed by atoms with van der Waals surface area (Å²) in [6.45, 7) is 2.88. The molecule has 0 aliphatic carbocycles. The van der Waals surface area contributed by atoms with Crippen molar-refractivity contribution in [2.24, 2.45) is 0 Å². The van der Waals surface area contributed by atoms with Gasteiger partial charge < -0.3 is 11.1 Å². The summed E-state index contributed by atoms with van der Waals surface area (Å²) in [6, 6.07) is 8.27. The SMILES string of the molecule is Cc1cccc(CCNC(=O)Cn2cc(N)cn2)c1. The number of benzene rings is 1. The van der Waals surface area contributed by atoms with E-state index in [1.165, 1.54) is 22.0 Å². The summed E-state index contributed by atoms with van der Waals surface area (Å²) in [6.07, 6.45) is 3.99. The van der Waals surface area contributed by atoms with E-state index in [-0.39, 0.29) is 12.5 Å². The molecule has 0 unspecified atom stereocenters. The molecule has 19 heavy (non-hydrogen) atoms. The second kappa shape index (κ2) is 6.04. The molecule has 2 aromatic rings. The predicted octanol–water partition coefficient (Wildman–Crippen LogP) is 1.13. The van der Waals surface area contributed by atoms with Gasteiger partial charge in [0.1, 0.15) is 6.54 Å². The van der Waals surface area contributed by atoms with Crippen LogP contribution in [0.2, 0.25) is 0 Å². The lowest BCUT2D eigenvalue weighted by Crippen LogP contribution is -2.29. The summed E-state index contributed by atoms with van der Waals surface area (Å²) < 4.78 is 1.53. The first-order chi connectivity index (χ1) is 9.13. The van der Waals surface area contributed by atoms with Crippen molar-refractivity contribution >= 4 is 11.6 Å². The standard InChI is InChI=1S/C14H18N4O/c1-11-3-2-4-12(7-11)5-6-16-14(19)10-18-9-13(15)8-17-18/h2-4,7-9H,5-6,10,15H2,1H3,(H,16,19). The molecule has 2 rings (SSSR count). The lowest BCUT2D eigenvalue weighted by atomic mass is 10.1. The van der Waals surface area contributed by atoms with Crippen LogP contribution in [0.3, 0.4) is 0 Å². The Balaban J connectivity index is 1.75. The normalized spacial score (nSPS) is 10.4. The van der Waals surface area contributed by atoms with Gasteiger partial charge in [0, 0.05) is 12.7 Å². The molecule has 0 saturated carbocycles. The van der Waals surface area contributed by atoms with Gasteiger partial charge in [0.15, 0.2) is 0 Å². The molecule has 0 fully saturated rings. The summed E-state index contributed by atoms with van der Waals surface area (Å²) in [4.78, 5) is 11.7. The summed E-state index contributed by atoms with van der Waals surface area (Å²) in [5.74, 6) is -0.0595. The number of rotatable bonds is 5. The van der Waals surface area contributed by atoms with Crippen molar-refractivity contribution in [3.63, 3.8) is 0 Å². The first kappa shape index (κ1) is 13.1. The van der Waals surface area contributed by atoms with Crippen LogP contribution in [0.15, 0.2) is 36.7 Å². The monoisotopic (exact) mass is 258 g/mol. The molecule has 0 radical (unpaired) electrons. The minimum atomic E-state index is -0.0595. The van der Waals surface area contributed by atoms with Crippen LogP contribution in [0.25, 0.3) is 0 Å². The smallest absolute Gasteiger partial charge is 0.241 e. The van der Waals surface area contributed by atoms with Crippen molar-refractivity contribution in [3.8, 4) is 0 Å². The van der Waals surface area contributed by atoms with E-state index < -0.39 is 0 Å². The molecule has 5 heteroatoms. The van der Waals surface area contributed by atoms with E-state index in [4.69, 9.17) is 5.73 Å². The Morgan fingerprint density at radius 1 is 1.47 bits per heavy atom. The van der Waals surface area contributed by atoms with E-state index in [9.17, 15) is 4.79 Å². The topological polar surface area (TPSA) is 72.9 Å². The molecule has 1 heterocycles. The van der Waals surface area contributed by atoms with Gasteiger partial charge in [-0.15, -0.1) is 0 Å². The van der Waals surface area contributed by atoms with Gasteiger partial charge in [-0.2, -0.15) is 5.10 Å². The highest BCUT2D eigenvalue weighted by molar-refractivity contribution is 5.75. The van der Waals surface area contributed by atoms with Crippen LogP contribution in [-0.4, -0.2) is 22.2 Å². The van der Waals surface area contributed by atoms with Gasteiger partial charge in [-0.25, -0.2) is 0 Å². The Morgan fingerprint density at radius 3 is 3.00 bits per heavy atom. The Kier molecular flexibility index (Phi) is 4.18. The number of nitrogen functional groups attached to an aromatic ring is 1. The fourth-order valence-corrected chi connectivity index (χ4v) is 1.88. The Morgan fingerprint density at radius 2 is 2.32 bits per heavy atom. The zero-order valence-corrected chi connectivity index (χ0v) is 11.0. The van der Waals surface area contributed by atoms with E-state index in [1.807, 2.05) is 6.07 Å². The van der Waals surface area contributed by atoms with E-state index in [2.05, 4.69) is 35.5 Å². The number of nitrogens with zero attached hydrogens (tertiary/aromatic N) is 2. The molecular weight excluding hydrogens is 240 g/mol. The fourth-order valence-electron chi connectivity index (χ4n) is 1.88. The molecule has 1 aromatic carbocycles. The molecular formula is C14H18N4O. The minimum Gasteiger partial charge on any atom is -0.396 e. The van der Waals surface area contributed by atoms with Gasteiger partial charge in [-0.3, -0.25) is 9.48 Å².